The van der Waals surface area contributed by atoms with Crippen molar-refractivity contribution in [1.29, 1.82) is 0 Å². The van der Waals surface area contributed by atoms with Crippen molar-refractivity contribution in [3.05, 3.63) is 0 Å². The number of carbonyl (C=O) groups is 1. The summed E-state index contributed by atoms with van der Waals surface area (Å²) in [4.78, 5) is 11.3. The predicted octanol–water partition coefficient (Wildman–Crippen LogP) is 0.0613. The number of amides is 1. The molecule has 0 spiro atoms. The minimum Gasteiger partial charge on any atom is -0.393 e. The van der Waals surface area contributed by atoms with E-state index in [-0.39, 0.29) is 17.3 Å². The van der Waals surface area contributed by atoms with E-state index in [0.717, 1.165) is 0 Å². The zero-order valence-corrected chi connectivity index (χ0v) is 8.82. The molecule has 13 heavy (non-hydrogen) atoms. The van der Waals surface area contributed by atoms with Crippen LogP contribution in [0.1, 0.15) is 13.3 Å². The summed E-state index contributed by atoms with van der Waals surface area (Å²) in [5.41, 5.74) is 5.20. The lowest BCUT2D eigenvalue weighted by Gasteiger charge is -2.10. The van der Waals surface area contributed by atoms with Crippen LogP contribution in [0.5, 0.6) is 0 Å². The molecular formula is C8H16N2O2S. The van der Waals surface area contributed by atoms with E-state index in [0.29, 0.717) is 19.1 Å². The van der Waals surface area contributed by atoms with Gasteiger partial charge in [-0.15, -0.1) is 0 Å². The van der Waals surface area contributed by atoms with E-state index in [1.807, 2.05) is 6.92 Å². The smallest absolute Gasteiger partial charge is 0.226 e. The number of nitrogens with one attached hydrogen (secondary N) is 1. The first-order valence-electron chi connectivity index (χ1n) is 4.10. The number of carbonyl (C=O) groups excluding carboxylic acids is 1. The van der Waals surface area contributed by atoms with Crippen molar-refractivity contribution in [3.63, 3.8) is 0 Å². The summed E-state index contributed by atoms with van der Waals surface area (Å²) in [6, 6.07) is 0. The van der Waals surface area contributed by atoms with Gasteiger partial charge < -0.3 is 15.8 Å². The molecule has 0 fully saturated rings. The fourth-order valence-electron chi connectivity index (χ4n) is 0.852. The molecule has 76 valence electrons. The van der Waals surface area contributed by atoms with Gasteiger partial charge in [0, 0.05) is 13.7 Å². The van der Waals surface area contributed by atoms with E-state index in [1.165, 1.54) is 0 Å². The first kappa shape index (κ1) is 12.3. The molecule has 1 atom stereocenters. The second-order valence-electron chi connectivity index (χ2n) is 3.01. The molecule has 0 aliphatic carbocycles. The molecule has 1 unspecified atom stereocenters. The highest BCUT2D eigenvalue weighted by atomic mass is 32.1. The van der Waals surface area contributed by atoms with Crippen LogP contribution in [0.2, 0.25) is 0 Å². The zero-order chi connectivity index (χ0) is 10.3. The van der Waals surface area contributed by atoms with Crippen molar-refractivity contribution >= 4 is 23.1 Å². The van der Waals surface area contributed by atoms with Crippen molar-refractivity contribution in [2.75, 3.05) is 20.3 Å². The van der Waals surface area contributed by atoms with Gasteiger partial charge in [0.1, 0.15) is 0 Å². The third kappa shape index (κ3) is 7.67. The molecule has 0 aliphatic heterocycles. The molecule has 0 aromatic heterocycles. The molecule has 0 saturated heterocycles. The van der Waals surface area contributed by atoms with E-state index < -0.39 is 0 Å². The van der Waals surface area contributed by atoms with Gasteiger partial charge in [-0.1, -0.05) is 19.1 Å². The van der Waals surface area contributed by atoms with Crippen LogP contribution in [0.25, 0.3) is 0 Å². The standard InChI is InChI=1S/C8H16N2O2S/c1-6(5-12-2)4-10-8(11)3-7(9)13/h6H,3-5H2,1-2H3,(H2,9,13)(H,10,11). The molecule has 4 nitrogen and oxygen atoms in total. The Bertz CT molecular complexity index is 185. The lowest BCUT2D eigenvalue weighted by Crippen LogP contribution is -2.32. The first-order chi connectivity index (χ1) is 6.06. The van der Waals surface area contributed by atoms with E-state index in [4.69, 9.17) is 10.5 Å². The summed E-state index contributed by atoms with van der Waals surface area (Å²) in [6.45, 7) is 3.22. The topological polar surface area (TPSA) is 64.3 Å². The lowest BCUT2D eigenvalue weighted by atomic mass is 10.2. The van der Waals surface area contributed by atoms with Crippen LogP contribution in [0.15, 0.2) is 0 Å². The molecule has 3 N–H and O–H groups in total. The largest absolute Gasteiger partial charge is 0.393 e. The molecule has 5 heteroatoms. The highest BCUT2D eigenvalue weighted by molar-refractivity contribution is 7.80. The zero-order valence-electron chi connectivity index (χ0n) is 8.00. The van der Waals surface area contributed by atoms with E-state index in [2.05, 4.69) is 17.5 Å². The van der Waals surface area contributed by atoms with Gasteiger partial charge in [0.2, 0.25) is 5.91 Å². The molecule has 0 radical (unpaired) electrons. The molecule has 1 amide bonds. The van der Waals surface area contributed by atoms with E-state index in [9.17, 15) is 4.79 Å². The van der Waals surface area contributed by atoms with Crippen molar-refractivity contribution < 1.29 is 9.53 Å². The van der Waals surface area contributed by atoms with Gasteiger partial charge in [-0.2, -0.15) is 0 Å². The Hall–Kier alpha value is -0.680. The summed E-state index contributed by atoms with van der Waals surface area (Å²) in [5.74, 6) is 0.177. The maximum absolute atomic E-state index is 11.0. The second kappa shape index (κ2) is 6.80. The summed E-state index contributed by atoms with van der Waals surface area (Å²) >= 11 is 4.60. The van der Waals surface area contributed by atoms with Gasteiger partial charge in [-0.05, 0) is 5.92 Å². The number of nitrogens with two attached hydrogens (primary N) is 1. The summed E-state index contributed by atoms with van der Waals surface area (Å²) in [6.07, 6.45) is 0.120. The first-order valence-corrected chi connectivity index (χ1v) is 4.51. The highest BCUT2D eigenvalue weighted by Crippen LogP contribution is 1.92. The van der Waals surface area contributed by atoms with Gasteiger partial charge in [0.25, 0.3) is 0 Å². The van der Waals surface area contributed by atoms with E-state index in [1.54, 1.807) is 7.11 Å². The number of rotatable bonds is 6. The number of ether oxygens (including phenoxy) is 1. The molecule has 0 rings (SSSR count). The maximum atomic E-state index is 11.0. The Morgan fingerprint density at radius 2 is 2.31 bits per heavy atom. The summed E-state index contributed by atoms with van der Waals surface area (Å²) in [5, 5.41) is 2.71. The fourth-order valence-corrected chi connectivity index (χ4v) is 0.983. The normalized spacial score (nSPS) is 12.2. The minimum atomic E-state index is -0.129. The molecular weight excluding hydrogens is 188 g/mol. The van der Waals surface area contributed by atoms with E-state index >= 15 is 0 Å². The summed E-state index contributed by atoms with van der Waals surface area (Å²) < 4.78 is 4.92. The van der Waals surface area contributed by atoms with Gasteiger partial charge in [0.05, 0.1) is 18.0 Å². The van der Waals surface area contributed by atoms with Gasteiger partial charge in [-0.3, -0.25) is 4.79 Å². The van der Waals surface area contributed by atoms with Crippen LogP contribution >= 0.6 is 12.2 Å². The predicted molar refractivity (Wildman–Crippen MR) is 55.5 cm³/mol. The maximum Gasteiger partial charge on any atom is 0.226 e. The van der Waals surface area contributed by atoms with Crippen LogP contribution in [-0.2, 0) is 9.53 Å². The van der Waals surface area contributed by atoms with Gasteiger partial charge in [-0.25, -0.2) is 0 Å². The Morgan fingerprint density at radius 3 is 2.77 bits per heavy atom. The number of hydrogen-bond acceptors (Lipinski definition) is 3. The Balaban J connectivity index is 3.51. The van der Waals surface area contributed by atoms with Crippen molar-refractivity contribution in [2.24, 2.45) is 11.7 Å². The second-order valence-corrected chi connectivity index (χ2v) is 3.53. The van der Waals surface area contributed by atoms with Crippen LogP contribution in [0.3, 0.4) is 0 Å². The third-order valence-electron chi connectivity index (χ3n) is 1.43. The monoisotopic (exact) mass is 204 g/mol. The molecule has 0 saturated carbocycles. The number of thiocarbonyl (C=S) groups is 1. The Morgan fingerprint density at radius 1 is 1.69 bits per heavy atom. The average Bonchev–Trinajstić information content (AvgIpc) is 2.00. The molecule has 0 heterocycles. The summed E-state index contributed by atoms with van der Waals surface area (Å²) in [7, 11) is 1.63. The minimum absolute atomic E-state index is 0.120. The van der Waals surface area contributed by atoms with Crippen LogP contribution in [0, 0.1) is 5.92 Å². The quantitative estimate of drug-likeness (QED) is 0.601. The van der Waals surface area contributed by atoms with Crippen molar-refractivity contribution in [2.45, 2.75) is 13.3 Å². The average molecular weight is 204 g/mol. The highest BCUT2D eigenvalue weighted by Gasteiger charge is 2.05. The van der Waals surface area contributed by atoms with Crippen LogP contribution < -0.4 is 11.1 Å². The lowest BCUT2D eigenvalue weighted by molar-refractivity contribution is -0.120. The van der Waals surface area contributed by atoms with Crippen LogP contribution in [-0.4, -0.2) is 31.2 Å². The van der Waals surface area contributed by atoms with Gasteiger partial charge in [0.15, 0.2) is 0 Å². The SMILES string of the molecule is COCC(C)CNC(=O)CC(N)=S. The van der Waals surface area contributed by atoms with Gasteiger partial charge >= 0.3 is 0 Å². The Kier molecular flexibility index (Phi) is 6.44. The van der Waals surface area contributed by atoms with Crippen molar-refractivity contribution in [1.82, 2.24) is 5.32 Å². The number of methoxy groups -OCH3 is 1. The van der Waals surface area contributed by atoms with Crippen molar-refractivity contribution in [3.8, 4) is 0 Å². The molecule has 0 aromatic carbocycles. The fraction of sp³-hybridized carbons (Fsp3) is 0.750. The molecule has 0 bridgehead atoms. The Labute approximate surface area is 83.8 Å². The molecule has 0 aromatic rings. The van der Waals surface area contributed by atoms with Crippen LogP contribution in [0.4, 0.5) is 0 Å². The molecule has 0 aliphatic rings. The number of hydrogen-bond donors (Lipinski definition) is 2. The third-order valence-corrected chi connectivity index (χ3v) is 1.58.